The summed E-state index contributed by atoms with van der Waals surface area (Å²) in [6.45, 7) is 0. The molecule has 1 aliphatic carbocycles. The van der Waals surface area contributed by atoms with Gasteiger partial charge in [0.05, 0.1) is 9.74 Å². The molecule has 0 bridgehead atoms. The highest BCUT2D eigenvalue weighted by atomic mass is 79.9. The molecule has 1 saturated carbocycles. The summed E-state index contributed by atoms with van der Waals surface area (Å²) in [4.78, 5) is 0. The van der Waals surface area contributed by atoms with Crippen molar-refractivity contribution in [3.05, 3.63) is 91.0 Å². The average molecular weight is 530 g/mol. The van der Waals surface area contributed by atoms with Gasteiger partial charge in [0.15, 0.2) is 0 Å². The molecule has 3 aromatic rings. The predicted octanol–water partition coefficient (Wildman–Crippen LogP) is 3.49. The van der Waals surface area contributed by atoms with Gasteiger partial charge in [-0.25, -0.2) is 0 Å². The Morgan fingerprint density at radius 3 is 1.55 bits per heavy atom. The molecule has 31 heavy (non-hydrogen) atoms. The Morgan fingerprint density at radius 2 is 1.10 bits per heavy atom. The second-order valence-corrected chi connectivity index (χ2v) is 15.4. The number of halogens is 1. The van der Waals surface area contributed by atoms with Crippen LogP contribution < -0.4 is 32.9 Å². The summed E-state index contributed by atoms with van der Waals surface area (Å²) >= 11 is 4.55. The average Bonchev–Trinajstić information content (AvgIpc) is 2.82. The van der Waals surface area contributed by atoms with Crippen LogP contribution in [0.1, 0.15) is 32.1 Å². The Kier molecular flexibility index (Phi) is 7.91. The van der Waals surface area contributed by atoms with E-state index in [0.29, 0.717) is 9.74 Å². The van der Waals surface area contributed by atoms with Gasteiger partial charge in [0, 0.05) is 6.42 Å². The van der Waals surface area contributed by atoms with Crippen LogP contribution in [0.5, 0.6) is 0 Å². The lowest BCUT2D eigenvalue weighted by Gasteiger charge is -2.45. The fourth-order valence-corrected chi connectivity index (χ4v) is 14.5. The van der Waals surface area contributed by atoms with Crippen molar-refractivity contribution in [1.82, 2.24) is 0 Å². The van der Waals surface area contributed by atoms with Gasteiger partial charge in [0.25, 0.3) is 0 Å². The molecule has 3 aromatic carbocycles. The fourth-order valence-electron chi connectivity index (χ4n) is 5.45. The van der Waals surface area contributed by atoms with Gasteiger partial charge < -0.3 is 17.0 Å². The highest BCUT2D eigenvalue weighted by molar-refractivity contribution is 8.18. The molecule has 1 saturated heterocycles. The Balaban J connectivity index is 0.00000231. The number of benzene rings is 3. The molecule has 0 amide bonds. The van der Waals surface area contributed by atoms with Crippen LogP contribution in [0, 0.1) is 0 Å². The van der Waals surface area contributed by atoms with E-state index in [1.54, 1.807) is 15.9 Å². The van der Waals surface area contributed by atoms with Gasteiger partial charge in [-0.05, 0) is 73.6 Å². The molecule has 5 rings (SSSR count). The summed E-state index contributed by atoms with van der Waals surface area (Å²) in [6.07, 6.45) is 6.80. The Hall–Kier alpha value is -0.730. The quantitative estimate of drug-likeness (QED) is 0.475. The second-order valence-electron chi connectivity index (χ2n) is 8.44. The summed E-state index contributed by atoms with van der Waals surface area (Å²) < 4.78 is 0.435. The predicted molar refractivity (Wildman–Crippen MR) is 140 cm³/mol. The largest absolute Gasteiger partial charge is 1.00 e. The molecule has 0 N–H and O–H groups in total. The van der Waals surface area contributed by atoms with Gasteiger partial charge in [0.1, 0.15) is 23.2 Å². The molecule has 1 spiro atoms. The Bertz CT molecular complexity index is 841. The van der Waals surface area contributed by atoms with E-state index in [1.807, 2.05) is 0 Å². The summed E-state index contributed by atoms with van der Waals surface area (Å²) in [5.41, 5.74) is 0.705. The van der Waals surface area contributed by atoms with Crippen LogP contribution in [-0.4, -0.2) is 21.2 Å². The van der Waals surface area contributed by atoms with Crippen molar-refractivity contribution in [2.45, 2.75) is 41.8 Å². The number of hydrogen-bond donors (Lipinski definition) is 0. The molecule has 0 radical (unpaired) electrons. The van der Waals surface area contributed by atoms with E-state index in [-0.39, 0.29) is 17.0 Å². The van der Waals surface area contributed by atoms with Crippen molar-refractivity contribution in [1.29, 1.82) is 0 Å². The third-order valence-electron chi connectivity index (χ3n) is 6.70. The van der Waals surface area contributed by atoms with Crippen LogP contribution in [-0.2, 0) is 0 Å². The lowest BCUT2D eigenvalue weighted by Crippen LogP contribution is -3.00. The van der Waals surface area contributed by atoms with Crippen molar-refractivity contribution < 1.29 is 17.0 Å². The smallest absolute Gasteiger partial charge is 0.115 e. The highest BCUT2D eigenvalue weighted by Gasteiger charge is 2.56. The topological polar surface area (TPSA) is 0 Å². The summed E-state index contributed by atoms with van der Waals surface area (Å²) in [6, 6.07) is 34.5. The van der Waals surface area contributed by atoms with Crippen LogP contribution >= 0.6 is 30.8 Å². The zero-order valence-corrected chi connectivity index (χ0v) is 21.9. The minimum absolute atomic E-state index is 0. The van der Waals surface area contributed by atoms with E-state index in [9.17, 15) is 0 Å². The SMILES string of the molecule is [Br-].c1ccc([P+](c2ccccc2)(c2ccccc2)C2CCCC3(C2)SCCCS3)cc1. The first-order valence-electron chi connectivity index (χ1n) is 11.2. The molecule has 1 heterocycles. The summed E-state index contributed by atoms with van der Waals surface area (Å²) in [7, 11) is -1.75. The van der Waals surface area contributed by atoms with Crippen LogP contribution in [0.2, 0.25) is 0 Å². The number of rotatable bonds is 4. The number of hydrogen-bond acceptors (Lipinski definition) is 2. The Morgan fingerprint density at radius 1 is 0.645 bits per heavy atom. The van der Waals surface area contributed by atoms with Gasteiger partial charge >= 0.3 is 0 Å². The second kappa shape index (κ2) is 10.5. The maximum absolute atomic E-state index is 2.41. The monoisotopic (exact) mass is 528 g/mol. The van der Waals surface area contributed by atoms with Gasteiger partial charge in [0.2, 0.25) is 0 Å². The van der Waals surface area contributed by atoms with E-state index < -0.39 is 7.26 Å². The molecule has 2 fully saturated rings. The van der Waals surface area contributed by atoms with Gasteiger partial charge in [-0.2, -0.15) is 0 Å². The van der Waals surface area contributed by atoms with Crippen molar-refractivity contribution in [3.8, 4) is 0 Å². The minimum Gasteiger partial charge on any atom is -1.00 e. The van der Waals surface area contributed by atoms with Crippen LogP contribution in [0.3, 0.4) is 0 Å². The first kappa shape index (κ1) is 23.4. The zero-order valence-electron chi connectivity index (χ0n) is 17.8. The normalized spacial score (nSPS) is 20.7. The van der Waals surface area contributed by atoms with E-state index in [1.165, 1.54) is 43.6 Å². The molecule has 0 nitrogen and oxygen atoms in total. The molecule has 2 aliphatic rings. The van der Waals surface area contributed by atoms with E-state index in [0.717, 1.165) is 0 Å². The summed E-state index contributed by atoms with van der Waals surface area (Å²) in [5.74, 6) is 2.68. The molecule has 4 heteroatoms. The summed E-state index contributed by atoms with van der Waals surface area (Å²) in [5, 5.41) is 4.65. The van der Waals surface area contributed by atoms with Crippen molar-refractivity contribution >= 4 is 46.7 Å². The molecular weight excluding hydrogens is 499 g/mol. The van der Waals surface area contributed by atoms with Gasteiger partial charge in [-0.3, -0.25) is 0 Å². The van der Waals surface area contributed by atoms with Gasteiger partial charge in [-0.15, -0.1) is 23.5 Å². The molecule has 162 valence electrons. The minimum atomic E-state index is -1.75. The van der Waals surface area contributed by atoms with E-state index in [2.05, 4.69) is 115 Å². The van der Waals surface area contributed by atoms with Crippen LogP contribution in [0.4, 0.5) is 0 Å². The molecule has 0 aromatic heterocycles. The first-order valence-corrected chi connectivity index (χ1v) is 15.0. The zero-order chi connectivity index (χ0) is 20.3. The lowest BCUT2D eigenvalue weighted by molar-refractivity contribution is -0.00000571. The van der Waals surface area contributed by atoms with E-state index >= 15 is 0 Å². The third kappa shape index (κ3) is 4.54. The first-order chi connectivity index (χ1) is 14.8. The molecule has 1 unspecified atom stereocenters. The maximum Gasteiger partial charge on any atom is 0.115 e. The number of thioether (sulfide) groups is 2. The van der Waals surface area contributed by atoms with Crippen LogP contribution in [0.25, 0.3) is 0 Å². The lowest BCUT2D eigenvalue weighted by atomic mass is 9.99. The third-order valence-corrected chi connectivity index (χ3v) is 15.1. The highest BCUT2D eigenvalue weighted by Crippen LogP contribution is 2.67. The molecule has 1 aliphatic heterocycles. The van der Waals surface area contributed by atoms with Crippen molar-refractivity contribution in [2.24, 2.45) is 0 Å². The fraction of sp³-hybridized carbons (Fsp3) is 0.333. The maximum atomic E-state index is 2.41. The van der Waals surface area contributed by atoms with Crippen LogP contribution in [0.15, 0.2) is 91.0 Å². The van der Waals surface area contributed by atoms with Crippen molar-refractivity contribution in [2.75, 3.05) is 11.5 Å². The Labute approximate surface area is 207 Å². The molecule has 1 atom stereocenters. The van der Waals surface area contributed by atoms with E-state index in [4.69, 9.17) is 0 Å². The molecular formula is C27H30BrPS2. The standard InChI is InChI=1S/C27H30PS2.BrH/c1-4-12-23(13-5-1)28(24-14-6-2-7-15-24,25-16-8-3-9-17-25)26-18-10-19-27(22-26)29-20-11-21-30-27;/h1-9,12-17,26H,10-11,18-22H2;1H/q+1;/p-1. The van der Waals surface area contributed by atoms with Crippen molar-refractivity contribution in [3.63, 3.8) is 0 Å². The van der Waals surface area contributed by atoms with Gasteiger partial charge in [-0.1, -0.05) is 54.6 Å².